The van der Waals surface area contributed by atoms with E-state index in [2.05, 4.69) is 5.32 Å². The van der Waals surface area contributed by atoms with Crippen LogP contribution in [0.15, 0.2) is 54.6 Å². The van der Waals surface area contributed by atoms with Crippen LogP contribution >= 0.6 is 0 Å². The highest BCUT2D eigenvalue weighted by atomic mass is 19.4. The third-order valence-corrected chi connectivity index (χ3v) is 3.37. The van der Waals surface area contributed by atoms with E-state index >= 15 is 0 Å². The number of nitrogens with zero attached hydrogens (tertiary/aromatic N) is 1. The second-order valence-electron chi connectivity index (χ2n) is 5.53. The molecule has 0 aliphatic heterocycles. The molecule has 0 bridgehead atoms. The van der Waals surface area contributed by atoms with E-state index in [1.165, 1.54) is 12.1 Å². The molecule has 0 spiro atoms. The van der Waals surface area contributed by atoms with Gasteiger partial charge in [-0.25, -0.2) is 0 Å². The average Bonchev–Trinajstić information content (AvgIpc) is 2.55. The molecule has 0 unspecified atom stereocenters. The Morgan fingerprint density at radius 2 is 1.84 bits per heavy atom. The standard InChI is InChI=1S/C18H19F3N2O2/c1-23(10-11-25-16-8-3-2-4-9-16)13-17(24)22-15-7-5-6-14(12-15)18(19,20)21/h2-9,12H,10-11,13H2,1H3,(H,22,24). The lowest BCUT2D eigenvalue weighted by atomic mass is 10.2. The van der Waals surface area contributed by atoms with Crippen molar-refractivity contribution in [3.8, 4) is 5.75 Å². The highest BCUT2D eigenvalue weighted by molar-refractivity contribution is 5.92. The van der Waals surface area contributed by atoms with E-state index < -0.39 is 11.7 Å². The summed E-state index contributed by atoms with van der Waals surface area (Å²) in [5.74, 6) is 0.353. The van der Waals surface area contributed by atoms with Crippen LogP contribution in [0.2, 0.25) is 0 Å². The molecule has 2 aromatic carbocycles. The molecule has 7 heteroatoms. The molecule has 134 valence electrons. The fraction of sp³-hybridized carbons (Fsp3) is 0.278. The van der Waals surface area contributed by atoms with Gasteiger partial charge in [0, 0.05) is 12.2 Å². The molecule has 25 heavy (non-hydrogen) atoms. The monoisotopic (exact) mass is 352 g/mol. The number of benzene rings is 2. The number of halogens is 3. The minimum Gasteiger partial charge on any atom is -0.492 e. The van der Waals surface area contributed by atoms with Crippen molar-refractivity contribution in [2.75, 3.05) is 32.1 Å². The van der Waals surface area contributed by atoms with Crippen LogP contribution in [0.3, 0.4) is 0 Å². The summed E-state index contributed by atoms with van der Waals surface area (Å²) in [6.07, 6.45) is -4.44. The van der Waals surface area contributed by atoms with Gasteiger partial charge in [0.2, 0.25) is 5.91 Å². The van der Waals surface area contributed by atoms with E-state index in [0.717, 1.165) is 17.9 Å². The summed E-state index contributed by atoms with van der Waals surface area (Å²) in [6.45, 7) is 0.955. The van der Waals surface area contributed by atoms with Crippen LogP contribution in [0.5, 0.6) is 5.75 Å². The molecule has 0 aliphatic carbocycles. The minimum atomic E-state index is -4.44. The quantitative estimate of drug-likeness (QED) is 0.827. The number of carbonyl (C=O) groups excluding carboxylic acids is 1. The second kappa shape index (κ2) is 8.53. The third-order valence-electron chi connectivity index (χ3n) is 3.37. The maximum Gasteiger partial charge on any atom is 0.416 e. The molecule has 2 rings (SSSR count). The van der Waals surface area contributed by atoms with Gasteiger partial charge in [-0.05, 0) is 37.4 Å². The predicted molar refractivity (Wildman–Crippen MR) is 89.5 cm³/mol. The highest BCUT2D eigenvalue weighted by Crippen LogP contribution is 2.30. The Bertz CT molecular complexity index is 690. The van der Waals surface area contributed by atoms with Crippen LogP contribution in [-0.4, -0.2) is 37.6 Å². The summed E-state index contributed by atoms with van der Waals surface area (Å²) >= 11 is 0. The first-order valence-electron chi connectivity index (χ1n) is 7.68. The molecule has 0 atom stereocenters. The Balaban J connectivity index is 1.77. The van der Waals surface area contributed by atoms with Gasteiger partial charge in [-0.3, -0.25) is 9.69 Å². The number of para-hydroxylation sites is 1. The number of alkyl halides is 3. The lowest BCUT2D eigenvalue weighted by Gasteiger charge is -2.17. The Morgan fingerprint density at radius 3 is 2.52 bits per heavy atom. The molecule has 4 nitrogen and oxygen atoms in total. The Kier molecular flexibility index (Phi) is 6.41. The molecule has 0 saturated heterocycles. The number of carbonyl (C=O) groups is 1. The van der Waals surface area contributed by atoms with Crippen molar-refractivity contribution in [2.24, 2.45) is 0 Å². The molecule has 1 amide bonds. The largest absolute Gasteiger partial charge is 0.492 e. The van der Waals surface area contributed by atoms with Crippen molar-refractivity contribution >= 4 is 11.6 Å². The summed E-state index contributed by atoms with van der Waals surface area (Å²) in [7, 11) is 1.74. The van der Waals surface area contributed by atoms with Crippen LogP contribution in [0.25, 0.3) is 0 Å². The molecule has 0 fully saturated rings. The van der Waals surface area contributed by atoms with Crippen LogP contribution in [0.4, 0.5) is 18.9 Å². The number of hydrogen-bond donors (Lipinski definition) is 1. The average molecular weight is 352 g/mol. The van der Waals surface area contributed by atoms with E-state index in [1.54, 1.807) is 11.9 Å². The Labute approximate surface area is 144 Å². The lowest BCUT2D eigenvalue weighted by molar-refractivity contribution is -0.137. The normalized spacial score (nSPS) is 11.4. The molecule has 0 radical (unpaired) electrons. The zero-order chi connectivity index (χ0) is 18.3. The molecular weight excluding hydrogens is 333 g/mol. The third kappa shape index (κ3) is 6.46. The SMILES string of the molecule is CN(CCOc1ccccc1)CC(=O)Nc1cccc(C(F)(F)F)c1. The number of nitrogens with one attached hydrogen (secondary N) is 1. The van der Waals surface area contributed by atoms with Crippen molar-refractivity contribution in [3.63, 3.8) is 0 Å². The maximum absolute atomic E-state index is 12.7. The maximum atomic E-state index is 12.7. The first-order valence-corrected chi connectivity index (χ1v) is 7.68. The van der Waals surface area contributed by atoms with Gasteiger partial charge in [0.1, 0.15) is 12.4 Å². The van der Waals surface area contributed by atoms with E-state index in [1.807, 2.05) is 30.3 Å². The van der Waals surface area contributed by atoms with Gasteiger partial charge in [-0.1, -0.05) is 24.3 Å². The zero-order valence-corrected chi connectivity index (χ0v) is 13.7. The van der Waals surface area contributed by atoms with Gasteiger partial charge in [0.05, 0.1) is 12.1 Å². The van der Waals surface area contributed by atoms with Crippen LogP contribution < -0.4 is 10.1 Å². The number of amides is 1. The Morgan fingerprint density at radius 1 is 1.12 bits per heavy atom. The number of hydrogen-bond acceptors (Lipinski definition) is 3. The smallest absolute Gasteiger partial charge is 0.416 e. The van der Waals surface area contributed by atoms with E-state index in [4.69, 9.17) is 4.74 Å². The fourth-order valence-corrected chi connectivity index (χ4v) is 2.13. The molecule has 0 aromatic heterocycles. The van der Waals surface area contributed by atoms with Gasteiger partial charge >= 0.3 is 6.18 Å². The van der Waals surface area contributed by atoms with Crippen molar-refractivity contribution in [1.82, 2.24) is 4.90 Å². The van der Waals surface area contributed by atoms with Gasteiger partial charge in [-0.2, -0.15) is 13.2 Å². The van der Waals surface area contributed by atoms with Crippen LogP contribution in [0.1, 0.15) is 5.56 Å². The summed E-state index contributed by atoms with van der Waals surface area (Å²) in [5.41, 5.74) is -0.677. The lowest BCUT2D eigenvalue weighted by Crippen LogP contribution is -2.33. The van der Waals surface area contributed by atoms with Gasteiger partial charge in [0.15, 0.2) is 0 Å². The van der Waals surface area contributed by atoms with E-state index in [9.17, 15) is 18.0 Å². The van der Waals surface area contributed by atoms with Gasteiger partial charge in [0.25, 0.3) is 0 Å². The number of anilines is 1. The molecule has 2 aromatic rings. The molecule has 0 aliphatic rings. The van der Waals surface area contributed by atoms with Crippen LogP contribution in [-0.2, 0) is 11.0 Å². The Hall–Kier alpha value is -2.54. The molecule has 1 N–H and O–H groups in total. The van der Waals surface area contributed by atoms with Crippen molar-refractivity contribution in [2.45, 2.75) is 6.18 Å². The summed E-state index contributed by atoms with van der Waals surface area (Å²) < 4.78 is 43.5. The fourth-order valence-electron chi connectivity index (χ4n) is 2.13. The number of ether oxygens (including phenoxy) is 1. The second-order valence-corrected chi connectivity index (χ2v) is 5.53. The molecule has 0 saturated carbocycles. The summed E-state index contributed by atoms with van der Waals surface area (Å²) in [4.78, 5) is 13.7. The van der Waals surface area contributed by atoms with Gasteiger partial charge < -0.3 is 10.1 Å². The van der Waals surface area contributed by atoms with Crippen molar-refractivity contribution in [1.29, 1.82) is 0 Å². The first-order chi connectivity index (χ1) is 11.8. The number of likely N-dealkylation sites (N-methyl/N-ethyl adjacent to an activating group) is 1. The minimum absolute atomic E-state index is 0.0500. The number of rotatable bonds is 7. The van der Waals surface area contributed by atoms with Crippen molar-refractivity contribution < 1.29 is 22.7 Å². The molecular formula is C18H19F3N2O2. The predicted octanol–water partition coefficient (Wildman–Crippen LogP) is 3.65. The molecule has 0 heterocycles. The van der Waals surface area contributed by atoms with Crippen LogP contribution in [0, 0.1) is 0 Å². The summed E-state index contributed by atoms with van der Waals surface area (Å²) in [6, 6.07) is 13.8. The van der Waals surface area contributed by atoms with E-state index in [0.29, 0.717) is 13.2 Å². The topological polar surface area (TPSA) is 41.6 Å². The van der Waals surface area contributed by atoms with Crippen molar-refractivity contribution in [3.05, 3.63) is 60.2 Å². The highest BCUT2D eigenvalue weighted by Gasteiger charge is 2.30. The first kappa shape index (κ1) is 18.8. The summed E-state index contributed by atoms with van der Waals surface area (Å²) in [5, 5.41) is 2.47. The van der Waals surface area contributed by atoms with E-state index in [-0.39, 0.29) is 18.1 Å². The van der Waals surface area contributed by atoms with Gasteiger partial charge in [-0.15, -0.1) is 0 Å². The zero-order valence-electron chi connectivity index (χ0n) is 13.7.